The molecule has 0 atom stereocenters. The van der Waals surface area contributed by atoms with E-state index in [1.54, 1.807) is 4.90 Å². The number of carbonyl (C=O) groups excluding carboxylic acids is 2. The summed E-state index contributed by atoms with van der Waals surface area (Å²) in [5.41, 5.74) is 3.56. The van der Waals surface area contributed by atoms with E-state index in [0.717, 1.165) is 38.8 Å². The molecule has 188 valence electrons. The van der Waals surface area contributed by atoms with Gasteiger partial charge in [-0.2, -0.15) is 4.99 Å². The molecule has 2 saturated heterocycles. The van der Waals surface area contributed by atoms with Gasteiger partial charge in [-0.15, -0.1) is 24.8 Å². The first-order valence-electron chi connectivity index (χ1n) is 10.9. The highest BCUT2D eigenvalue weighted by atomic mass is 35.5. The second-order valence-corrected chi connectivity index (χ2v) is 9.32. The van der Waals surface area contributed by atoms with Gasteiger partial charge < -0.3 is 14.5 Å². The van der Waals surface area contributed by atoms with Crippen molar-refractivity contribution in [2.75, 3.05) is 40.3 Å². The summed E-state index contributed by atoms with van der Waals surface area (Å²) >= 11 is 1.23. The van der Waals surface area contributed by atoms with Crippen molar-refractivity contribution in [3.63, 3.8) is 0 Å². The molecule has 1 aromatic carbocycles. The lowest BCUT2D eigenvalue weighted by Gasteiger charge is -2.34. The Kier molecular flexibility index (Phi) is 10.6. The number of carbonyl (C=O) groups is 2. The normalized spacial score (nSPS) is 20.2. The third-order valence-electron chi connectivity index (χ3n) is 5.86. The lowest BCUT2D eigenvalue weighted by Crippen LogP contribution is -2.45. The van der Waals surface area contributed by atoms with Crippen LogP contribution in [0.1, 0.15) is 31.2 Å². The first-order valence-corrected chi connectivity index (χ1v) is 11.7. The molecule has 0 radical (unpaired) electrons. The number of piperidine rings is 1. The van der Waals surface area contributed by atoms with Crippen molar-refractivity contribution in [2.24, 2.45) is 4.99 Å². The highest BCUT2D eigenvalue weighted by Crippen LogP contribution is 2.33. The number of nitrogens with zero attached hydrogens (tertiary/aromatic N) is 4. The fraction of sp³-hybridized carbons (Fsp3) is 0.500. The van der Waals surface area contributed by atoms with Gasteiger partial charge >= 0.3 is 6.09 Å². The molecule has 0 aliphatic carbocycles. The van der Waals surface area contributed by atoms with Crippen molar-refractivity contribution < 1.29 is 18.7 Å². The smallest absolute Gasteiger partial charge is 0.410 e. The highest BCUT2D eigenvalue weighted by molar-refractivity contribution is 8.18. The van der Waals surface area contributed by atoms with Crippen LogP contribution < -0.4 is 10.2 Å². The van der Waals surface area contributed by atoms with Crippen molar-refractivity contribution in [3.05, 3.63) is 34.5 Å². The number of hydrazine groups is 1. The lowest BCUT2D eigenvalue weighted by molar-refractivity contribution is -0.113. The maximum atomic E-state index is 14.0. The van der Waals surface area contributed by atoms with Crippen molar-refractivity contribution >= 4 is 59.8 Å². The van der Waals surface area contributed by atoms with E-state index in [1.165, 1.54) is 36.0 Å². The van der Waals surface area contributed by atoms with Crippen LogP contribution >= 0.6 is 36.6 Å². The lowest BCUT2D eigenvalue weighted by atomic mass is 10.0. The fourth-order valence-corrected chi connectivity index (χ4v) is 4.86. The van der Waals surface area contributed by atoms with E-state index in [-0.39, 0.29) is 36.5 Å². The van der Waals surface area contributed by atoms with Gasteiger partial charge in [-0.1, -0.05) is 0 Å². The predicted octanol–water partition coefficient (Wildman–Crippen LogP) is 3.76. The molecule has 1 N–H and O–H groups in total. The number of hydrogen-bond acceptors (Lipinski definition) is 7. The molecule has 1 aromatic rings. The molecule has 2 amide bonds. The molecule has 2 fully saturated rings. The second kappa shape index (κ2) is 12.7. The monoisotopic (exact) mass is 533 g/mol. The van der Waals surface area contributed by atoms with Crippen LogP contribution in [0.3, 0.4) is 0 Å². The number of thioether (sulfide) groups is 1. The third kappa shape index (κ3) is 6.85. The molecule has 3 heterocycles. The highest BCUT2D eigenvalue weighted by Gasteiger charge is 2.28. The average molecular weight is 534 g/mol. The van der Waals surface area contributed by atoms with E-state index in [9.17, 15) is 14.0 Å². The molecule has 3 aliphatic heterocycles. The average Bonchev–Trinajstić information content (AvgIpc) is 3.16. The number of ether oxygens (including phenoxy) is 1. The van der Waals surface area contributed by atoms with Crippen molar-refractivity contribution in [1.29, 1.82) is 0 Å². The fourth-order valence-electron chi connectivity index (χ4n) is 3.95. The van der Waals surface area contributed by atoms with Crippen LogP contribution in [0.15, 0.2) is 28.1 Å². The van der Waals surface area contributed by atoms with Crippen molar-refractivity contribution in [1.82, 2.24) is 20.2 Å². The minimum atomic E-state index is -0.474. The summed E-state index contributed by atoms with van der Waals surface area (Å²) in [6, 6.07) is 4.37. The molecule has 0 bridgehead atoms. The maximum absolute atomic E-state index is 14.0. The van der Waals surface area contributed by atoms with Crippen LogP contribution in [0, 0.1) is 5.82 Å². The Morgan fingerprint density at radius 2 is 1.97 bits per heavy atom. The Bertz CT molecular complexity index is 948. The minimum Gasteiger partial charge on any atom is -0.410 e. The third-order valence-corrected chi connectivity index (χ3v) is 6.87. The van der Waals surface area contributed by atoms with E-state index in [4.69, 9.17) is 4.74 Å². The zero-order valence-corrected chi connectivity index (χ0v) is 21.6. The van der Waals surface area contributed by atoms with Crippen molar-refractivity contribution in [3.8, 4) is 5.75 Å². The van der Waals surface area contributed by atoms with E-state index in [1.807, 2.05) is 19.1 Å². The van der Waals surface area contributed by atoms with Gasteiger partial charge in [-0.05, 0) is 75.8 Å². The summed E-state index contributed by atoms with van der Waals surface area (Å²) in [7, 11) is 4.07. The first-order chi connectivity index (χ1) is 15.4. The molecule has 34 heavy (non-hydrogen) atoms. The largest absolute Gasteiger partial charge is 0.415 e. The predicted molar refractivity (Wildman–Crippen MR) is 137 cm³/mol. The maximum Gasteiger partial charge on any atom is 0.415 e. The standard InChI is InChI=1S/C22H28FN5O3S.2ClH/c1-26(2)17-7-11-27(12-8-17)22(30)31-18-6-5-16(23)13-15(18)14-19-20(29)25-21(32-19)28-10-4-3-9-24-28;;/h5-6,13-14,17,24H,3-4,7-12H2,1-2H3;2*1H/b19-14+;;. The van der Waals surface area contributed by atoms with Crippen LogP contribution in [-0.2, 0) is 4.79 Å². The van der Waals surface area contributed by atoms with Gasteiger partial charge in [0.1, 0.15) is 11.6 Å². The number of amides is 2. The van der Waals surface area contributed by atoms with E-state index < -0.39 is 11.9 Å². The molecular formula is C22H30Cl2FN5O3S. The number of rotatable bonds is 3. The number of hydrogen-bond donors (Lipinski definition) is 1. The number of halogens is 3. The van der Waals surface area contributed by atoms with E-state index in [2.05, 4.69) is 15.3 Å². The van der Waals surface area contributed by atoms with E-state index in [0.29, 0.717) is 34.8 Å². The van der Waals surface area contributed by atoms with E-state index >= 15 is 0 Å². The van der Waals surface area contributed by atoms with Gasteiger partial charge in [0, 0.05) is 37.8 Å². The Morgan fingerprint density at radius 1 is 1.24 bits per heavy atom. The van der Waals surface area contributed by atoms with Crippen LogP contribution in [0.4, 0.5) is 9.18 Å². The minimum absolute atomic E-state index is 0. The summed E-state index contributed by atoms with van der Waals surface area (Å²) in [5.74, 6) is -0.640. The van der Waals surface area contributed by atoms with Gasteiger partial charge in [-0.25, -0.2) is 14.6 Å². The Labute approximate surface area is 215 Å². The molecule has 0 unspecified atom stereocenters. The zero-order chi connectivity index (χ0) is 22.7. The SMILES string of the molecule is CN(C)C1CCN(C(=O)Oc2ccc(F)cc2/C=C2/SC(N3CCCCN3)=NC2=O)CC1.Cl.Cl. The number of aliphatic imine (C=N–C) groups is 1. The molecule has 3 aliphatic rings. The zero-order valence-electron chi connectivity index (χ0n) is 19.2. The quantitative estimate of drug-likeness (QED) is 0.592. The summed E-state index contributed by atoms with van der Waals surface area (Å²) in [5, 5.41) is 2.45. The molecule has 0 aromatic heterocycles. The van der Waals surface area contributed by atoms with Gasteiger partial charge in [0.05, 0.1) is 4.91 Å². The Morgan fingerprint density at radius 3 is 2.62 bits per heavy atom. The van der Waals surface area contributed by atoms with Crippen LogP contribution in [-0.4, -0.2) is 78.3 Å². The van der Waals surface area contributed by atoms with Crippen molar-refractivity contribution in [2.45, 2.75) is 31.7 Å². The van der Waals surface area contributed by atoms with Crippen LogP contribution in [0.2, 0.25) is 0 Å². The number of nitrogens with one attached hydrogen (secondary N) is 1. The summed E-state index contributed by atoms with van der Waals surface area (Å²) < 4.78 is 19.6. The Hall–Kier alpha value is -1.85. The van der Waals surface area contributed by atoms with Gasteiger partial charge in [0.25, 0.3) is 5.91 Å². The molecule has 0 spiro atoms. The molecule has 4 rings (SSSR count). The Balaban J connectivity index is 0.00000204. The number of amidine groups is 1. The van der Waals surface area contributed by atoms with Gasteiger partial charge in [0.2, 0.25) is 0 Å². The van der Waals surface area contributed by atoms with Crippen LogP contribution in [0.25, 0.3) is 6.08 Å². The topological polar surface area (TPSA) is 77.5 Å². The molecule has 12 heteroatoms. The summed E-state index contributed by atoms with van der Waals surface area (Å²) in [4.78, 5) is 33.5. The second-order valence-electron chi connectivity index (χ2n) is 8.31. The van der Waals surface area contributed by atoms with Crippen LogP contribution in [0.5, 0.6) is 5.75 Å². The molecule has 8 nitrogen and oxygen atoms in total. The molecular weight excluding hydrogens is 504 g/mol. The van der Waals surface area contributed by atoms with Gasteiger partial charge in [0.15, 0.2) is 5.17 Å². The number of likely N-dealkylation sites (tertiary alicyclic amines) is 1. The summed E-state index contributed by atoms with van der Waals surface area (Å²) in [6.45, 7) is 2.82. The summed E-state index contributed by atoms with van der Waals surface area (Å²) in [6.07, 6.45) is 4.92. The number of benzene rings is 1. The first kappa shape index (κ1) is 28.4. The van der Waals surface area contributed by atoms with Gasteiger partial charge in [-0.3, -0.25) is 9.80 Å². The molecule has 0 saturated carbocycles.